The number of hydrogen-bond donors (Lipinski definition) is 1. The van der Waals surface area contributed by atoms with E-state index in [9.17, 15) is 0 Å². The van der Waals surface area contributed by atoms with E-state index in [1.807, 2.05) is 12.3 Å². The van der Waals surface area contributed by atoms with Crippen LogP contribution in [-0.4, -0.2) is 18.1 Å². The van der Waals surface area contributed by atoms with Gasteiger partial charge in [0.25, 0.3) is 0 Å². The zero-order valence-electron chi connectivity index (χ0n) is 15.5. The summed E-state index contributed by atoms with van der Waals surface area (Å²) in [5.41, 5.74) is 5.12. The van der Waals surface area contributed by atoms with Gasteiger partial charge in [0.1, 0.15) is 5.75 Å². The van der Waals surface area contributed by atoms with Crippen molar-refractivity contribution in [2.75, 3.05) is 7.11 Å². The number of aromatic nitrogens is 1. The molecule has 26 heavy (non-hydrogen) atoms. The van der Waals surface area contributed by atoms with E-state index in [1.165, 1.54) is 41.3 Å². The normalized spacial score (nSPS) is 19.3. The van der Waals surface area contributed by atoms with Crippen LogP contribution in [0.25, 0.3) is 10.9 Å². The van der Waals surface area contributed by atoms with Gasteiger partial charge in [-0.1, -0.05) is 38.0 Å². The van der Waals surface area contributed by atoms with Crippen molar-refractivity contribution in [1.29, 1.82) is 0 Å². The molecule has 3 nitrogen and oxygen atoms in total. The monoisotopic (exact) mass is 346 g/mol. The fourth-order valence-corrected chi connectivity index (χ4v) is 4.00. The lowest BCUT2D eigenvalue weighted by atomic mass is 9.85. The fourth-order valence-electron chi connectivity index (χ4n) is 4.00. The van der Waals surface area contributed by atoms with Gasteiger partial charge in [-0.3, -0.25) is 4.98 Å². The Bertz CT molecular complexity index is 906. The summed E-state index contributed by atoms with van der Waals surface area (Å²) >= 11 is 0. The van der Waals surface area contributed by atoms with Crippen LogP contribution in [0.4, 0.5) is 0 Å². The van der Waals surface area contributed by atoms with E-state index in [1.54, 1.807) is 7.11 Å². The van der Waals surface area contributed by atoms with E-state index >= 15 is 0 Å². The summed E-state index contributed by atoms with van der Waals surface area (Å²) in [6.45, 7) is 2.26. The molecule has 134 valence electrons. The molecule has 0 saturated carbocycles. The molecule has 0 spiro atoms. The molecule has 1 aliphatic rings. The molecule has 0 saturated heterocycles. The number of benzene rings is 2. The number of ether oxygens (including phenoxy) is 1. The van der Waals surface area contributed by atoms with Crippen LogP contribution in [0, 0.1) is 0 Å². The van der Waals surface area contributed by atoms with Crippen LogP contribution in [0.1, 0.15) is 48.9 Å². The first-order chi connectivity index (χ1) is 12.8. The average molecular weight is 346 g/mol. The molecular weight excluding hydrogens is 320 g/mol. The first-order valence-corrected chi connectivity index (χ1v) is 9.56. The van der Waals surface area contributed by atoms with Crippen molar-refractivity contribution in [3.8, 4) is 5.75 Å². The van der Waals surface area contributed by atoms with Crippen molar-refractivity contribution in [1.82, 2.24) is 10.3 Å². The van der Waals surface area contributed by atoms with Crippen LogP contribution in [0.5, 0.6) is 5.75 Å². The molecule has 3 aromatic rings. The molecule has 0 amide bonds. The summed E-state index contributed by atoms with van der Waals surface area (Å²) in [6, 6.07) is 18.0. The van der Waals surface area contributed by atoms with Crippen molar-refractivity contribution >= 4 is 10.9 Å². The van der Waals surface area contributed by atoms with Crippen molar-refractivity contribution in [2.45, 2.75) is 44.7 Å². The Labute approximate surface area is 155 Å². The third-order valence-corrected chi connectivity index (χ3v) is 5.40. The zero-order valence-corrected chi connectivity index (χ0v) is 15.5. The fraction of sp³-hybridized carbons (Fsp3) is 0.348. The van der Waals surface area contributed by atoms with Gasteiger partial charge in [0.05, 0.1) is 18.7 Å². The molecule has 0 bridgehead atoms. The van der Waals surface area contributed by atoms with Crippen molar-refractivity contribution in [3.05, 3.63) is 71.4 Å². The lowest BCUT2D eigenvalue weighted by molar-refractivity contribution is 0.396. The van der Waals surface area contributed by atoms with Gasteiger partial charge in [-0.2, -0.15) is 0 Å². The molecule has 1 aromatic heterocycles. The number of hydrogen-bond acceptors (Lipinski definition) is 3. The summed E-state index contributed by atoms with van der Waals surface area (Å²) in [5.74, 6) is 0.946. The van der Waals surface area contributed by atoms with E-state index < -0.39 is 0 Å². The average Bonchev–Trinajstić information content (AvgIpc) is 2.70. The van der Waals surface area contributed by atoms with Gasteiger partial charge in [-0.15, -0.1) is 0 Å². The highest BCUT2D eigenvalue weighted by Crippen LogP contribution is 2.34. The smallest absolute Gasteiger partial charge is 0.119 e. The SMILES string of the molecule is CCCC[C@H]1Cc2cc(OC)ccc2C(c2ccc3ncccc3c2)N1. The second-order valence-electron chi connectivity index (χ2n) is 7.16. The van der Waals surface area contributed by atoms with Crippen LogP contribution in [0.3, 0.4) is 0 Å². The highest BCUT2D eigenvalue weighted by molar-refractivity contribution is 5.79. The first kappa shape index (κ1) is 17.0. The maximum atomic E-state index is 5.47. The topological polar surface area (TPSA) is 34.1 Å². The molecule has 0 fully saturated rings. The number of unbranched alkanes of at least 4 members (excludes halogenated alkanes) is 1. The Morgan fingerprint density at radius 1 is 1.15 bits per heavy atom. The summed E-state index contributed by atoms with van der Waals surface area (Å²) in [5, 5.41) is 5.09. The Balaban J connectivity index is 1.75. The Kier molecular flexibility index (Phi) is 4.89. The Hall–Kier alpha value is -2.39. The van der Waals surface area contributed by atoms with Crippen LogP contribution in [0.2, 0.25) is 0 Å². The van der Waals surface area contributed by atoms with Crippen molar-refractivity contribution in [2.24, 2.45) is 0 Å². The van der Waals surface area contributed by atoms with E-state index in [0.717, 1.165) is 17.7 Å². The number of rotatable bonds is 5. The predicted molar refractivity (Wildman–Crippen MR) is 107 cm³/mol. The van der Waals surface area contributed by atoms with E-state index in [2.05, 4.69) is 59.7 Å². The molecule has 1 aliphatic heterocycles. The second-order valence-corrected chi connectivity index (χ2v) is 7.16. The van der Waals surface area contributed by atoms with Gasteiger partial charge in [-0.05, 0) is 59.9 Å². The zero-order chi connectivity index (χ0) is 17.9. The van der Waals surface area contributed by atoms with Crippen molar-refractivity contribution in [3.63, 3.8) is 0 Å². The molecule has 4 rings (SSSR count). The lowest BCUT2D eigenvalue weighted by Gasteiger charge is -2.34. The van der Waals surface area contributed by atoms with Gasteiger partial charge in [0.2, 0.25) is 0 Å². The van der Waals surface area contributed by atoms with E-state index in [-0.39, 0.29) is 6.04 Å². The third-order valence-electron chi connectivity index (χ3n) is 5.40. The minimum absolute atomic E-state index is 0.219. The molecule has 1 unspecified atom stereocenters. The van der Waals surface area contributed by atoms with Gasteiger partial charge in [0, 0.05) is 17.6 Å². The highest BCUT2D eigenvalue weighted by atomic mass is 16.5. The quantitative estimate of drug-likeness (QED) is 0.703. The number of methoxy groups -OCH3 is 1. The highest BCUT2D eigenvalue weighted by Gasteiger charge is 2.27. The maximum absolute atomic E-state index is 5.47. The minimum Gasteiger partial charge on any atom is -0.497 e. The minimum atomic E-state index is 0.219. The molecule has 2 heterocycles. The van der Waals surface area contributed by atoms with Gasteiger partial charge >= 0.3 is 0 Å². The standard InChI is InChI=1S/C23H26N2O/c1-3-4-7-19-14-18-15-20(26-2)9-10-21(18)23(25-19)17-8-11-22-16(13-17)6-5-12-24-22/h5-6,8-13,15,19,23,25H,3-4,7,14H2,1-2H3/t19-,23?/m0/s1. The number of nitrogens with one attached hydrogen (secondary N) is 1. The first-order valence-electron chi connectivity index (χ1n) is 9.56. The lowest BCUT2D eigenvalue weighted by Crippen LogP contribution is -2.40. The predicted octanol–water partition coefficient (Wildman–Crippen LogP) is 5.04. The summed E-state index contributed by atoms with van der Waals surface area (Å²) in [6.07, 6.45) is 6.61. The van der Waals surface area contributed by atoms with E-state index in [4.69, 9.17) is 4.74 Å². The largest absolute Gasteiger partial charge is 0.497 e. The van der Waals surface area contributed by atoms with Gasteiger partial charge < -0.3 is 10.1 Å². The summed E-state index contributed by atoms with van der Waals surface area (Å²) in [7, 11) is 1.74. The van der Waals surface area contributed by atoms with Crippen molar-refractivity contribution < 1.29 is 4.74 Å². The Morgan fingerprint density at radius 2 is 2.08 bits per heavy atom. The molecule has 0 aliphatic carbocycles. The Morgan fingerprint density at radius 3 is 2.92 bits per heavy atom. The molecule has 0 radical (unpaired) electrons. The number of fused-ring (bicyclic) bond motifs is 2. The molecule has 2 aromatic carbocycles. The van der Waals surface area contributed by atoms with Crippen LogP contribution >= 0.6 is 0 Å². The summed E-state index contributed by atoms with van der Waals surface area (Å²) in [4.78, 5) is 4.45. The summed E-state index contributed by atoms with van der Waals surface area (Å²) < 4.78 is 5.47. The van der Waals surface area contributed by atoms with Crippen LogP contribution < -0.4 is 10.1 Å². The molecular formula is C23H26N2O. The van der Waals surface area contributed by atoms with Crippen LogP contribution in [0.15, 0.2) is 54.7 Å². The van der Waals surface area contributed by atoms with E-state index in [0.29, 0.717) is 6.04 Å². The number of pyridine rings is 1. The molecule has 2 atom stereocenters. The van der Waals surface area contributed by atoms with Gasteiger partial charge in [0.15, 0.2) is 0 Å². The van der Waals surface area contributed by atoms with Gasteiger partial charge in [-0.25, -0.2) is 0 Å². The maximum Gasteiger partial charge on any atom is 0.119 e. The van der Waals surface area contributed by atoms with Crippen LogP contribution in [-0.2, 0) is 6.42 Å². The molecule has 1 N–H and O–H groups in total. The second kappa shape index (κ2) is 7.46. The number of nitrogens with zero attached hydrogens (tertiary/aromatic N) is 1. The molecule has 3 heteroatoms. The third kappa shape index (κ3) is 3.32.